The molecule has 0 spiro atoms. The van der Waals surface area contributed by atoms with Gasteiger partial charge in [0.15, 0.2) is 16.6 Å². The van der Waals surface area contributed by atoms with Gasteiger partial charge in [-0.05, 0) is 54.8 Å². The Morgan fingerprint density at radius 2 is 1.73 bits per heavy atom. The third-order valence-electron chi connectivity index (χ3n) is 5.46. The molecule has 0 saturated heterocycles. The second-order valence-corrected chi connectivity index (χ2v) is 10.2. The van der Waals surface area contributed by atoms with Gasteiger partial charge in [0.25, 0.3) is 5.91 Å². The van der Waals surface area contributed by atoms with Crippen LogP contribution in [0.4, 0.5) is 0 Å². The highest BCUT2D eigenvalue weighted by Gasteiger charge is 2.20. The van der Waals surface area contributed by atoms with Gasteiger partial charge in [-0.15, -0.1) is 10.2 Å². The highest BCUT2D eigenvalue weighted by atomic mass is 79.9. The van der Waals surface area contributed by atoms with Gasteiger partial charge in [-0.1, -0.05) is 76.2 Å². The number of aliphatic hydroxyl groups is 1. The number of benzene rings is 3. The van der Waals surface area contributed by atoms with Crippen molar-refractivity contribution in [2.75, 3.05) is 5.75 Å². The Labute approximate surface area is 228 Å². The molecule has 0 aliphatic heterocycles. The SMILES string of the molecule is Cc1cc(C)cc(-n2c(SCC(O)=C(C#N)C(=O)NCc3ccccc3)nnc2-c2ccc(Br)cc2)c1. The van der Waals surface area contributed by atoms with Crippen LogP contribution in [0.3, 0.4) is 0 Å². The monoisotopic (exact) mass is 573 g/mol. The lowest BCUT2D eigenvalue weighted by Crippen LogP contribution is -2.25. The molecule has 0 radical (unpaired) electrons. The number of aromatic nitrogens is 3. The van der Waals surface area contributed by atoms with Gasteiger partial charge < -0.3 is 10.4 Å². The molecule has 0 atom stereocenters. The minimum Gasteiger partial charge on any atom is -0.510 e. The van der Waals surface area contributed by atoms with Crippen molar-refractivity contribution in [1.29, 1.82) is 5.26 Å². The molecule has 1 aromatic heterocycles. The minimum absolute atomic E-state index is 0.0229. The zero-order valence-electron chi connectivity index (χ0n) is 20.3. The predicted molar refractivity (Wildman–Crippen MR) is 148 cm³/mol. The number of carbonyl (C=O) groups is 1. The molecule has 7 nitrogen and oxygen atoms in total. The van der Waals surface area contributed by atoms with E-state index in [1.165, 1.54) is 11.8 Å². The number of nitrogens with one attached hydrogen (secondary N) is 1. The lowest BCUT2D eigenvalue weighted by Gasteiger charge is -2.12. The number of hydrogen-bond acceptors (Lipinski definition) is 6. The molecule has 2 N–H and O–H groups in total. The van der Waals surface area contributed by atoms with Crippen molar-refractivity contribution in [3.63, 3.8) is 0 Å². The number of nitrogens with zero attached hydrogens (tertiary/aromatic N) is 4. The maximum Gasteiger partial charge on any atom is 0.265 e. The van der Waals surface area contributed by atoms with Crippen LogP contribution in [0.5, 0.6) is 0 Å². The summed E-state index contributed by atoms with van der Waals surface area (Å²) in [4.78, 5) is 12.6. The van der Waals surface area contributed by atoms with E-state index in [0.29, 0.717) is 11.0 Å². The van der Waals surface area contributed by atoms with Crippen molar-refractivity contribution < 1.29 is 9.90 Å². The van der Waals surface area contributed by atoms with E-state index in [4.69, 9.17) is 0 Å². The van der Waals surface area contributed by atoms with E-state index in [2.05, 4.69) is 37.5 Å². The first-order chi connectivity index (χ1) is 17.9. The van der Waals surface area contributed by atoms with E-state index < -0.39 is 5.91 Å². The fourth-order valence-electron chi connectivity index (χ4n) is 3.78. The highest BCUT2D eigenvalue weighted by molar-refractivity contribution is 9.10. The average Bonchev–Trinajstić information content (AvgIpc) is 3.31. The fraction of sp³-hybridized carbons (Fsp3) is 0.143. The van der Waals surface area contributed by atoms with Crippen LogP contribution in [0.25, 0.3) is 17.1 Å². The van der Waals surface area contributed by atoms with Gasteiger partial charge in [-0.3, -0.25) is 9.36 Å². The zero-order valence-corrected chi connectivity index (χ0v) is 22.7. The molecule has 4 aromatic rings. The Kier molecular flexibility index (Phi) is 8.43. The van der Waals surface area contributed by atoms with E-state index in [1.54, 1.807) is 0 Å². The van der Waals surface area contributed by atoms with Gasteiger partial charge in [0, 0.05) is 16.6 Å². The summed E-state index contributed by atoms with van der Waals surface area (Å²) < 4.78 is 2.87. The molecule has 0 saturated carbocycles. The molecule has 1 heterocycles. The van der Waals surface area contributed by atoms with Crippen molar-refractivity contribution in [1.82, 2.24) is 20.1 Å². The molecule has 9 heteroatoms. The molecule has 186 valence electrons. The van der Waals surface area contributed by atoms with Crippen LogP contribution in [-0.4, -0.2) is 31.5 Å². The first-order valence-corrected chi connectivity index (χ1v) is 13.2. The van der Waals surface area contributed by atoms with Gasteiger partial charge in [-0.25, -0.2) is 0 Å². The maximum absolute atomic E-state index is 12.6. The molecule has 0 aliphatic carbocycles. The van der Waals surface area contributed by atoms with E-state index in [-0.39, 0.29) is 23.6 Å². The van der Waals surface area contributed by atoms with Gasteiger partial charge >= 0.3 is 0 Å². The standard InChI is InChI=1S/C28H24BrN5O2S/c1-18-12-19(2)14-23(13-18)34-26(21-8-10-22(29)11-9-21)32-33-28(34)37-17-25(35)24(15-30)27(36)31-16-20-6-4-3-5-7-20/h3-14,35H,16-17H2,1-2H3,(H,31,36). The lowest BCUT2D eigenvalue weighted by molar-refractivity contribution is -0.117. The number of rotatable bonds is 8. The van der Waals surface area contributed by atoms with Gasteiger partial charge in [0.2, 0.25) is 0 Å². The Balaban J connectivity index is 1.61. The van der Waals surface area contributed by atoms with Crippen molar-refractivity contribution in [2.24, 2.45) is 0 Å². The third-order valence-corrected chi connectivity index (χ3v) is 6.93. The Hall–Kier alpha value is -3.87. The van der Waals surface area contributed by atoms with Gasteiger partial charge in [-0.2, -0.15) is 5.26 Å². The fourth-order valence-corrected chi connectivity index (χ4v) is 4.87. The molecule has 1 amide bonds. The van der Waals surface area contributed by atoms with E-state index >= 15 is 0 Å². The largest absolute Gasteiger partial charge is 0.510 e. The third kappa shape index (κ3) is 6.47. The summed E-state index contributed by atoms with van der Waals surface area (Å²) in [6.45, 7) is 4.30. The summed E-state index contributed by atoms with van der Waals surface area (Å²) in [6, 6.07) is 25.1. The smallest absolute Gasteiger partial charge is 0.265 e. The van der Waals surface area contributed by atoms with Crippen molar-refractivity contribution in [3.8, 4) is 23.1 Å². The van der Waals surface area contributed by atoms with Gasteiger partial charge in [0.05, 0.1) is 11.4 Å². The number of amides is 1. The molecule has 0 unspecified atom stereocenters. The number of carbonyl (C=O) groups excluding carboxylic acids is 1. The molecule has 0 aliphatic rings. The Morgan fingerprint density at radius 3 is 2.38 bits per heavy atom. The Bertz CT molecular complexity index is 1470. The molecular formula is C28H24BrN5O2S. The normalized spacial score (nSPS) is 11.5. The number of thioether (sulfide) groups is 1. The van der Waals surface area contributed by atoms with Crippen LogP contribution < -0.4 is 5.32 Å². The number of aryl methyl sites for hydroxylation is 2. The van der Waals surface area contributed by atoms with E-state index in [1.807, 2.05) is 91.2 Å². The van der Waals surface area contributed by atoms with Crippen molar-refractivity contribution in [2.45, 2.75) is 25.5 Å². The maximum atomic E-state index is 12.6. The summed E-state index contributed by atoms with van der Waals surface area (Å²) in [5.41, 5.74) is 4.50. The van der Waals surface area contributed by atoms with Crippen LogP contribution in [0.1, 0.15) is 16.7 Å². The van der Waals surface area contributed by atoms with Crippen LogP contribution in [-0.2, 0) is 11.3 Å². The van der Waals surface area contributed by atoms with Crippen LogP contribution in [0.2, 0.25) is 0 Å². The summed E-state index contributed by atoms with van der Waals surface area (Å²) in [5, 5.41) is 32.2. The number of hydrogen-bond donors (Lipinski definition) is 2. The van der Waals surface area contributed by atoms with E-state index in [0.717, 1.165) is 32.4 Å². The summed E-state index contributed by atoms with van der Waals surface area (Å²) in [7, 11) is 0. The Morgan fingerprint density at radius 1 is 1.05 bits per heavy atom. The van der Waals surface area contributed by atoms with Crippen LogP contribution in [0, 0.1) is 25.2 Å². The lowest BCUT2D eigenvalue weighted by atomic mass is 10.1. The second-order valence-electron chi connectivity index (χ2n) is 8.38. The second kappa shape index (κ2) is 11.9. The molecule has 0 bridgehead atoms. The molecule has 0 fully saturated rings. The average molecular weight is 575 g/mol. The van der Waals surface area contributed by atoms with E-state index in [9.17, 15) is 15.2 Å². The van der Waals surface area contributed by atoms with Crippen LogP contribution >= 0.6 is 27.7 Å². The quantitative estimate of drug-likeness (QED) is 0.115. The van der Waals surface area contributed by atoms with Crippen LogP contribution in [0.15, 0.2) is 93.8 Å². The molecule has 3 aromatic carbocycles. The number of nitriles is 1. The summed E-state index contributed by atoms with van der Waals surface area (Å²) in [5.74, 6) is -0.330. The first kappa shape index (κ1) is 26.2. The van der Waals surface area contributed by atoms with Crippen molar-refractivity contribution in [3.05, 3.63) is 105 Å². The summed E-state index contributed by atoms with van der Waals surface area (Å²) in [6.07, 6.45) is 0. The molecular weight excluding hydrogens is 550 g/mol. The number of halogens is 1. The minimum atomic E-state index is -0.629. The highest BCUT2D eigenvalue weighted by Crippen LogP contribution is 2.30. The summed E-state index contributed by atoms with van der Waals surface area (Å²) >= 11 is 4.66. The first-order valence-electron chi connectivity index (χ1n) is 11.4. The topological polar surface area (TPSA) is 104 Å². The zero-order chi connectivity index (χ0) is 26.4. The molecule has 37 heavy (non-hydrogen) atoms. The van der Waals surface area contributed by atoms with Gasteiger partial charge in [0.1, 0.15) is 11.8 Å². The molecule has 4 rings (SSSR count). The predicted octanol–water partition coefficient (Wildman–Crippen LogP) is 6.06. The number of aliphatic hydroxyl groups excluding tert-OH is 1. The van der Waals surface area contributed by atoms with Crippen molar-refractivity contribution >= 4 is 33.6 Å².